The van der Waals surface area contributed by atoms with Gasteiger partial charge in [-0.15, -0.1) is 12.4 Å². The highest BCUT2D eigenvalue weighted by Crippen LogP contribution is 2.34. The van der Waals surface area contributed by atoms with E-state index in [0.717, 1.165) is 17.0 Å². The lowest BCUT2D eigenvalue weighted by Gasteiger charge is -2.24. The predicted octanol–water partition coefficient (Wildman–Crippen LogP) is 2.07. The summed E-state index contributed by atoms with van der Waals surface area (Å²) in [5.74, 6) is -2.27. The minimum absolute atomic E-state index is 0. The minimum atomic E-state index is -4.62. The fourth-order valence-electron chi connectivity index (χ4n) is 2.92. The quantitative estimate of drug-likeness (QED) is 0.731. The van der Waals surface area contributed by atoms with Crippen LogP contribution in [-0.4, -0.2) is 65.4 Å². The minimum Gasteiger partial charge on any atom is -0.480 e. The van der Waals surface area contributed by atoms with E-state index in [2.05, 4.69) is 5.32 Å². The van der Waals surface area contributed by atoms with Gasteiger partial charge in [-0.05, 0) is 31.5 Å². The number of rotatable bonds is 6. The van der Waals surface area contributed by atoms with Crippen LogP contribution in [0.2, 0.25) is 0 Å². The van der Waals surface area contributed by atoms with Gasteiger partial charge in [0.05, 0.1) is 24.3 Å². The molecule has 1 fully saturated rings. The summed E-state index contributed by atoms with van der Waals surface area (Å²) in [6.45, 7) is -0.155. The highest BCUT2D eigenvalue weighted by molar-refractivity contribution is 5.95. The third-order valence-corrected chi connectivity index (χ3v) is 4.30. The van der Waals surface area contributed by atoms with E-state index in [0.29, 0.717) is 19.4 Å². The number of aliphatic carboxylic acids is 1. The van der Waals surface area contributed by atoms with Gasteiger partial charge in [-0.25, -0.2) is 0 Å². The zero-order valence-electron chi connectivity index (χ0n) is 15.0. The van der Waals surface area contributed by atoms with Gasteiger partial charge in [0, 0.05) is 7.05 Å². The van der Waals surface area contributed by atoms with Crippen molar-refractivity contribution >= 4 is 35.9 Å². The van der Waals surface area contributed by atoms with Crippen LogP contribution in [0.3, 0.4) is 0 Å². The van der Waals surface area contributed by atoms with E-state index in [1.807, 2.05) is 0 Å². The van der Waals surface area contributed by atoms with Crippen LogP contribution >= 0.6 is 12.4 Å². The number of para-hydroxylation sites is 1. The van der Waals surface area contributed by atoms with Crippen LogP contribution in [0.15, 0.2) is 24.3 Å². The number of halogens is 4. The molecule has 2 N–H and O–H groups in total. The van der Waals surface area contributed by atoms with Gasteiger partial charge in [-0.2, -0.15) is 13.2 Å². The van der Waals surface area contributed by atoms with Gasteiger partial charge >= 0.3 is 12.1 Å². The Morgan fingerprint density at radius 1 is 1.29 bits per heavy atom. The number of nitrogens with zero attached hydrogens (tertiary/aromatic N) is 2. The molecule has 28 heavy (non-hydrogen) atoms. The lowest BCUT2D eigenvalue weighted by Crippen LogP contribution is -2.45. The van der Waals surface area contributed by atoms with Crippen LogP contribution < -0.4 is 5.32 Å². The first-order chi connectivity index (χ1) is 12.6. The molecule has 11 heteroatoms. The van der Waals surface area contributed by atoms with Crippen molar-refractivity contribution in [1.29, 1.82) is 0 Å². The number of alkyl halides is 3. The zero-order valence-corrected chi connectivity index (χ0v) is 15.8. The molecule has 1 atom stereocenters. The second kappa shape index (κ2) is 9.74. The fraction of sp³-hybridized carbons (Fsp3) is 0.471. The van der Waals surface area contributed by atoms with Crippen LogP contribution in [-0.2, 0) is 20.6 Å². The normalized spacial score (nSPS) is 16.9. The van der Waals surface area contributed by atoms with E-state index in [-0.39, 0.29) is 24.6 Å². The Labute approximate surface area is 165 Å². The molecule has 156 valence electrons. The van der Waals surface area contributed by atoms with Gasteiger partial charge in [0.2, 0.25) is 11.8 Å². The molecule has 2 amide bonds. The van der Waals surface area contributed by atoms with Crippen molar-refractivity contribution < 1.29 is 32.7 Å². The fourth-order valence-corrected chi connectivity index (χ4v) is 2.92. The number of hydrogen-bond donors (Lipinski definition) is 2. The van der Waals surface area contributed by atoms with Crippen molar-refractivity contribution in [3.8, 4) is 0 Å². The summed E-state index contributed by atoms with van der Waals surface area (Å²) in [6, 6.07) is 3.81. The zero-order chi connectivity index (χ0) is 20.2. The Kier molecular flexibility index (Phi) is 8.25. The number of likely N-dealkylation sites (N-methyl/N-ethyl adjacent to an activating group) is 1. The maximum Gasteiger partial charge on any atom is 0.418 e. The van der Waals surface area contributed by atoms with Crippen LogP contribution in [0, 0.1) is 0 Å². The van der Waals surface area contributed by atoms with Crippen molar-refractivity contribution in [3.63, 3.8) is 0 Å². The van der Waals surface area contributed by atoms with Crippen molar-refractivity contribution in [3.05, 3.63) is 29.8 Å². The van der Waals surface area contributed by atoms with Crippen LogP contribution in [0.1, 0.15) is 18.4 Å². The van der Waals surface area contributed by atoms with Gasteiger partial charge in [0.15, 0.2) is 0 Å². The SMILES string of the molecule is CN(CC(=O)Nc1ccccc1C(F)(F)F)C(=O)CN1CCCC1C(=O)O.Cl. The predicted molar refractivity (Wildman–Crippen MR) is 97.2 cm³/mol. The molecule has 0 radical (unpaired) electrons. The Morgan fingerprint density at radius 2 is 1.93 bits per heavy atom. The number of anilines is 1. The molecular formula is C17H21ClF3N3O4. The van der Waals surface area contributed by atoms with Crippen molar-refractivity contribution in [2.75, 3.05) is 32.0 Å². The largest absolute Gasteiger partial charge is 0.480 e. The van der Waals surface area contributed by atoms with Crippen LogP contribution in [0.4, 0.5) is 18.9 Å². The van der Waals surface area contributed by atoms with Gasteiger partial charge in [-0.3, -0.25) is 19.3 Å². The molecule has 1 heterocycles. The lowest BCUT2D eigenvalue weighted by atomic mass is 10.1. The highest BCUT2D eigenvalue weighted by Gasteiger charge is 2.34. The first-order valence-electron chi connectivity index (χ1n) is 8.26. The summed E-state index contributed by atoms with van der Waals surface area (Å²) in [6.07, 6.45) is -3.52. The molecule has 0 spiro atoms. The van der Waals surface area contributed by atoms with Crippen molar-refractivity contribution in [1.82, 2.24) is 9.80 Å². The summed E-state index contributed by atoms with van der Waals surface area (Å²) < 4.78 is 38.8. The number of amides is 2. The van der Waals surface area contributed by atoms with E-state index in [1.165, 1.54) is 24.1 Å². The summed E-state index contributed by atoms with van der Waals surface area (Å²) in [4.78, 5) is 38.0. The molecule has 0 aliphatic carbocycles. The van der Waals surface area contributed by atoms with Crippen molar-refractivity contribution in [2.24, 2.45) is 0 Å². The van der Waals surface area contributed by atoms with Crippen LogP contribution in [0.5, 0.6) is 0 Å². The van der Waals surface area contributed by atoms with E-state index < -0.39 is 42.1 Å². The molecule has 1 saturated heterocycles. The summed E-state index contributed by atoms with van der Waals surface area (Å²) in [7, 11) is 1.34. The van der Waals surface area contributed by atoms with Gasteiger partial charge in [-0.1, -0.05) is 12.1 Å². The summed E-state index contributed by atoms with van der Waals surface area (Å²) in [5.41, 5.74) is -1.37. The number of carbonyl (C=O) groups excluding carboxylic acids is 2. The molecule has 0 saturated carbocycles. The molecule has 1 aromatic carbocycles. The van der Waals surface area contributed by atoms with E-state index in [4.69, 9.17) is 5.11 Å². The third-order valence-electron chi connectivity index (χ3n) is 4.30. The van der Waals surface area contributed by atoms with Gasteiger partial charge in [0.1, 0.15) is 6.04 Å². The molecule has 1 unspecified atom stereocenters. The maximum atomic E-state index is 12.9. The molecule has 1 aliphatic heterocycles. The Bertz CT molecular complexity index is 730. The Morgan fingerprint density at radius 3 is 2.54 bits per heavy atom. The number of carbonyl (C=O) groups is 3. The summed E-state index contributed by atoms with van der Waals surface area (Å²) >= 11 is 0. The van der Waals surface area contributed by atoms with Gasteiger partial charge < -0.3 is 15.3 Å². The van der Waals surface area contributed by atoms with E-state index in [1.54, 1.807) is 0 Å². The standard InChI is InChI=1S/C17H20F3N3O4.ClH/c1-22(15(25)10-23-8-4-7-13(23)16(26)27)9-14(24)21-12-6-3-2-5-11(12)17(18,19)20;/h2-3,5-6,13H,4,7-10H2,1H3,(H,21,24)(H,26,27);1H. The van der Waals surface area contributed by atoms with E-state index >= 15 is 0 Å². The average molecular weight is 424 g/mol. The molecule has 7 nitrogen and oxygen atoms in total. The van der Waals surface area contributed by atoms with E-state index in [9.17, 15) is 27.6 Å². The highest BCUT2D eigenvalue weighted by atomic mass is 35.5. The maximum absolute atomic E-state index is 12.9. The molecular weight excluding hydrogens is 403 g/mol. The third kappa shape index (κ3) is 6.10. The van der Waals surface area contributed by atoms with Crippen molar-refractivity contribution in [2.45, 2.75) is 25.1 Å². The second-order valence-electron chi connectivity index (χ2n) is 6.31. The molecule has 0 bridgehead atoms. The topological polar surface area (TPSA) is 90.0 Å². The number of nitrogens with one attached hydrogen (secondary N) is 1. The second-order valence-corrected chi connectivity index (χ2v) is 6.31. The van der Waals surface area contributed by atoms with Gasteiger partial charge in [0.25, 0.3) is 0 Å². The average Bonchev–Trinajstić information content (AvgIpc) is 3.02. The smallest absolute Gasteiger partial charge is 0.418 e. The number of carboxylic acid groups (broad SMARTS) is 1. The van der Waals surface area contributed by atoms with Crippen LogP contribution in [0.25, 0.3) is 0 Å². The molecule has 1 aliphatic rings. The molecule has 1 aromatic rings. The number of likely N-dealkylation sites (tertiary alicyclic amines) is 1. The number of hydrogen-bond acceptors (Lipinski definition) is 4. The summed E-state index contributed by atoms with van der Waals surface area (Å²) in [5, 5.41) is 11.3. The first kappa shape index (κ1) is 23.7. The first-order valence-corrected chi connectivity index (χ1v) is 8.26. The molecule has 2 rings (SSSR count). The lowest BCUT2D eigenvalue weighted by molar-refractivity contribution is -0.144. The Balaban J connectivity index is 0.00000392. The monoisotopic (exact) mass is 423 g/mol. The molecule has 0 aromatic heterocycles. The number of benzene rings is 1. The number of carboxylic acids is 1. The Hall–Kier alpha value is -2.33.